The molecule has 0 aromatic rings. The molecule has 0 radical (unpaired) electrons. The van der Waals surface area contributed by atoms with Crippen molar-refractivity contribution in [1.29, 1.82) is 0 Å². The van der Waals surface area contributed by atoms with E-state index in [2.05, 4.69) is 4.99 Å². The molecule has 0 aliphatic rings. The van der Waals surface area contributed by atoms with Crippen molar-refractivity contribution in [2.24, 2.45) is 15.8 Å². The average molecular weight is 227 g/mol. The average Bonchev–Trinajstić information content (AvgIpc) is 1.93. The molecule has 0 amide bonds. The normalized spacial score (nSPS) is 15.9. The molecular formula is C14H29NO. The molecule has 0 bridgehead atoms. The molecule has 0 heterocycles. The SMILES string of the molecule is CC(C)(C)/N=C/C(O)(C(C)(C)C)C(C)(C)C. The molecule has 0 aromatic heterocycles. The summed E-state index contributed by atoms with van der Waals surface area (Å²) in [6, 6.07) is 0. The summed E-state index contributed by atoms with van der Waals surface area (Å²) < 4.78 is 0. The van der Waals surface area contributed by atoms with E-state index in [0.29, 0.717) is 0 Å². The van der Waals surface area contributed by atoms with E-state index in [0.717, 1.165) is 0 Å². The highest BCUT2D eigenvalue weighted by molar-refractivity contribution is 5.71. The molecule has 0 aromatic carbocycles. The van der Waals surface area contributed by atoms with Gasteiger partial charge in [-0.25, -0.2) is 0 Å². The minimum Gasteiger partial charge on any atom is -0.383 e. The smallest absolute Gasteiger partial charge is 0.109 e. The first kappa shape index (κ1) is 15.6. The highest BCUT2D eigenvalue weighted by atomic mass is 16.3. The zero-order valence-corrected chi connectivity index (χ0v) is 12.5. The summed E-state index contributed by atoms with van der Waals surface area (Å²) in [6.45, 7) is 18.4. The molecule has 2 heteroatoms. The van der Waals surface area contributed by atoms with Crippen molar-refractivity contribution in [2.75, 3.05) is 0 Å². The van der Waals surface area contributed by atoms with Crippen LogP contribution in [-0.4, -0.2) is 22.5 Å². The number of rotatable bonds is 1. The number of hydrogen-bond donors (Lipinski definition) is 1. The second kappa shape index (κ2) is 4.14. The molecule has 16 heavy (non-hydrogen) atoms. The largest absolute Gasteiger partial charge is 0.383 e. The molecule has 0 spiro atoms. The monoisotopic (exact) mass is 227 g/mol. The van der Waals surface area contributed by atoms with Crippen molar-refractivity contribution in [2.45, 2.75) is 73.5 Å². The van der Waals surface area contributed by atoms with Gasteiger partial charge in [0.1, 0.15) is 5.60 Å². The third-order valence-corrected chi connectivity index (χ3v) is 2.93. The summed E-state index contributed by atoms with van der Waals surface area (Å²) in [5.74, 6) is 0. The third kappa shape index (κ3) is 3.58. The second-order valence-corrected chi connectivity index (χ2v) is 7.70. The summed E-state index contributed by atoms with van der Waals surface area (Å²) in [5, 5.41) is 10.9. The van der Waals surface area contributed by atoms with E-state index in [1.807, 2.05) is 62.3 Å². The first-order chi connectivity index (χ1) is 6.71. The lowest BCUT2D eigenvalue weighted by Gasteiger charge is -2.47. The van der Waals surface area contributed by atoms with Gasteiger partial charge in [0.25, 0.3) is 0 Å². The van der Waals surface area contributed by atoms with E-state index < -0.39 is 5.60 Å². The van der Waals surface area contributed by atoms with Crippen LogP contribution in [0, 0.1) is 10.8 Å². The van der Waals surface area contributed by atoms with E-state index in [1.54, 1.807) is 6.21 Å². The van der Waals surface area contributed by atoms with Crippen LogP contribution in [0.3, 0.4) is 0 Å². The Balaban J connectivity index is 5.39. The van der Waals surface area contributed by atoms with Crippen molar-refractivity contribution in [3.05, 3.63) is 0 Å². The van der Waals surface area contributed by atoms with Gasteiger partial charge in [0.05, 0.1) is 5.54 Å². The highest BCUT2D eigenvalue weighted by Crippen LogP contribution is 2.42. The highest BCUT2D eigenvalue weighted by Gasteiger charge is 2.48. The molecule has 0 rings (SSSR count). The van der Waals surface area contributed by atoms with Gasteiger partial charge in [-0.15, -0.1) is 0 Å². The molecule has 0 aliphatic heterocycles. The van der Waals surface area contributed by atoms with Gasteiger partial charge in [-0.3, -0.25) is 4.99 Å². The number of nitrogens with zero attached hydrogens (tertiary/aromatic N) is 1. The molecule has 0 atom stereocenters. The van der Waals surface area contributed by atoms with Gasteiger partial charge in [0, 0.05) is 6.21 Å². The van der Waals surface area contributed by atoms with Gasteiger partial charge >= 0.3 is 0 Å². The first-order valence-electron chi connectivity index (χ1n) is 5.99. The fourth-order valence-corrected chi connectivity index (χ4v) is 1.80. The quantitative estimate of drug-likeness (QED) is 0.681. The maximum atomic E-state index is 10.9. The lowest BCUT2D eigenvalue weighted by atomic mass is 9.63. The lowest BCUT2D eigenvalue weighted by Crippen LogP contribution is -2.54. The first-order valence-corrected chi connectivity index (χ1v) is 5.99. The van der Waals surface area contributed by atoms with Crippen molar-refractivity contribution in [1.82, 2.24) is 0 Å². The predicted octanol–water partition coefficient (Wildman–Crippen LogP) is 3.68. The van der Waals surface area contributed by atoms with E-state index in [1.165, 1.54) is 0 Å². The number of aliphatic hydroxyl groups is 1. The van der Waals surface area contributed by atoms with Crippen LogP contribution in [0.25, 0.3) is 0 Å². The number of aliphatic imine (C=N–C) groups is 1. The van der Waals surface area contributed by atoms with Crippen LogP contribution in [0.15, 0.2) is 4.99 Å². The van der Waals surface area contributed by atoms with E-state index >= 15 is 0 Å². The Morgan fingerprint density at radius 1 is 0.750 bits per heavy atom. The molecule has 0 unspecified atom stereocenters. The van der Waals surface area contributed by atoms with E-state index in [-0.39, 0.29) is 16.4 Å². The molecule has 0 saturated carbocycles. The third-order valence-electron chi connectivity index (χ3n) is 2.93. The van der Waals surface area contributed by atoms with Crippen LogP contribution in [0.1, 0.15) is 62.3 Å². The maximum Gasteiger partial charge on any atom is 0.109 e. The Morgan fingerprint density at radius 2 is 1.06 bits per heavy atom. The Bertz CT molecular complexity index is 244. The Kier molecular flexibility index (Phi) is 4.04. The molecule has 0 fully saturated rings. The van der Waals surface area contributed by atoms with Crippen LogP contribution in [-0.2, 0) is 0 Å². The van der Waals surface area contributed by atoms with Crippen molar-refractivity contribution < 1.29 is 5.11 Å². The zero-order valence-electron chi connectivity index (χ0n) is 12.5. The van der Waals surface area contributed by atoms with E-state index in [4.69, 9.17) is 0 Å². The zero-order chi connectivity index (χ0) is 13.4. The Morgan fingerprint density at radius 3 is 1.25 bits per heavy atom. The minimum atomic E-state index is -0.909. The van der Waals surface area contributed by atoms with Gasteiger partial charge in [-0.05, 0) is 31.6 Å². The second-order valence-electron chi connectivity index (χ2n) is 7.70. The van der Waals surface area contributed by atoms with E-state index in [9.17, 15) is 5.11 Å². The van der Waals surface area contributed by atoms with Crippen molar-refractivity contribution >= 4 is 6.21 Å². The van der Waals surface area contributed by atoms with Gasteiger partial charge in [-0.1, -0.05) is 41.5 Å². The van der Waals surface area contributed by atoms with Crippen LogP contribution in [0.5, 0.6) is 0 Å². The summed E-state index contributed by atoms with van der Waals surface area (Å²) in [5.41, 5.74) is -1.53. The summed E-state index contributed by atoms with van der Waals surface area (Å²) in [4.78, 5) is 4.49. The summed E-state index contributed by atoms with van der Waals surface area (Å²) in [7, 11) is 0. The Hall–Kier alpha value is -0.370. The number of hydrogen-bond acceptors (Lipinski definition) is 2. The minimum absolute atomic E-state index is 0.148. The molecular weight excluding hydrogens is 198 g/mol. The van der Waals surface area contributed by atoms with Gasteiger partial charge < -0.3 is 5.11 Å². The molecule has 1 N–H and O–H groups in total. The van der Waals surface area contributed by atoms with Crippen LogP contribution in [0.4, 0.5) is 0 Å². The summed E-state index contributed by atoms with van der Waals surface area (Å²) in [6.07, 6.45) is 1.74. The summed E-state index contributed by atoms with van der Waals surface area (Å²) >= 11 is 0. The fraction of sp³-hybridized carbons (Fsp3) is 0.929. The van der Waals surface area contributed by atoms with Crippen LogP contribution < -0.4 is 0 Å². The Labute approximate surface area is 101 Å². The molecule has 0 saturated heterocycles. The van der Waals surface area contributed by atoms with Crippen molar-refractivity contribution in [3.63, 3.8) is 0 Å². The molecule has 2 nitrogen and oxygen atoms in total. The fourth-order valence-electron chi connectivity index (χ4n) is 1.80. The van der Waals surface area contributed by atoms with Crippen LogP contribution >= 0.6 is 0 Å². The predicted molar refractivity (Wildman–Crippen MR) is 72.1 cm³/mol. The standard InChI is InChI=1S/C14H29NO/c1-11(2,3)14(16,12(4,5)6)10-15-13(7,8)9/h10,16H,1-9H3/b15-10+. The molecule has 96 valence electrons. The maximum absolute atomic E-state index is 10.9. The lowest BCUT2D eigenvalue weighted by molar-refractivity contribution is -0.0744. The topological polar surface area (TPSA) is 32.6 Å². The van der Waals surface area contributed by atoms with Gasteiger partial charge in [0.2, 0.25) is 0 Å². The van der Waals surface area contributed by atoms with Gasteiger partial charge in [-0.2, -0.15) is 0 Å². The van der Waals surface area contributed by atoms with Crippen molar-refractivity contribution in [3.8, 4) is 0 Å². The molecule has 0 aliphatic carbocycles. The van der Waals surface area contributed by atoms with Crippen LogP contribution in [0.2, 0.25) is 0 Å². The van der Waals surface area contributed by atoms with Gasteiger partial charge in [0.15, 0.2) is 0 Å².